The molecule has 0 aliphatic carbocycles. The predicted molar refractivity (Wildman–Crippen MR) is 77.9 cm³/mol. The summed E-state index contributed by atoms with van der Waals surface area (Å²) in [5, 5.41) is 0.575. The molecular weight excluding hydrogens is 271 g/mol. The van der Waals surface area contributed by atoms with Crippen LogP contribution in [0.5, 0.6) is 5.75 Å². The molecule has 0 radical (unpaired) electrons. The van der Waals surface area contributed by atoms with Crippen molar-refractivity contribution in [2.24, 2.45) is 0 Å². The van der Waals surface area contributed by atoms with Gasteiger partial charge in [-0.2, -0.15) is 0 Å². The number of ether oxygens (including phenoxy) is 1. The van der Waals surface area contributed by atoms with Crippen molar-refractivity contribution < 1.29 is 9.13 Å². The second-order valence-corrected chi connectivity index (χ2v) is 4.57. The van der Waals surface area contributed by atoms with Crippen LogP contribution in [0.4, 0.5) is 4.39 Å². The van der Waals surface area contributed by atoms with E-state index in [1.54, 1.807) is 30.3 Å². The molecule has 21 heavy (non-hydrogen) atoms. The van der Waals surface area contributed by atoms with E-state index in [0.717, 1.165) is 0 Å². The first kappa shape index (κ1) is 13.3. The molecule has 2 aromatic carbocycles. The molecule has 3 rings (SSSR count). The summed E-state index contributed by atoms with van der Waals surface area (Å²) in [4.78, 5) is 16.5. The second-order valence-electron chi connectivity index (χ2n) is 4.57. The van der Waals surface area contributed by atoms with Crippen LogP contribution in [0.2, 0.25) is 0 Å². The SMILES string of the molecule is O=c1c2ccccc2ncn1CCOc1cccc(F)c1. The van der Waals surface area contributed by atoms with E-state index in [1.165, 1.54) is 23.0 Å². The summed E-state index contributed by atoms with van der Waals surface area (Å²) in [5.41, 5.74) is 0.563. The molecular formula is C16H13FN2O2. The van der Waals surface area contributed by atoms with Crippen molar-refractivity contribution >= 4 is 10.9 Å². The van der Waals surface area contributed by atoms with Gasteiger partial charge in [-0.25, -0.2) is 9.37 Å². The molecule has 106 valence electrons. The van der Waals surface area contributed by atoms with Crippen molar-refractivity contribution in [2.45, 2.75) is 6.54 Å². The van der Waals surface area contributed by atoms with Crippen LogP contribution in [0, 0.1) is 5.82 Å². The Bertz CT molecular complexity index is 830. The lowest BCUT2D eigenvalue weighted by Crippen LogP contribution is -2.23. The molecule has 0 aliphatic rings. The molecule has 0 saturated carbocycles. The average molecular weight is 284 g/mol. The molecule has 0 aliphatic heterocycles. The number of benzene rings is 2. The molecule has 0 unspecified atom stereocenters. The Balaban J connectivity index is 1.74. The molecule has 1 heterocycles. The van der Waals surface area contributed by atoms with Crippen LogP contribution in [-0.4, -0.2) is 16.2 Å². The largest absolute Gasteiger partial charge is 0.492 e. The minimum atomic E-state index is -0.350. The second kappa shape index (κ2) is 5.75. The Labute approximate surface area is 120 Å². The third kappa shape index (κ3) is 2.91. The number of hydrogen-bond donors (Lipinski definition) is 0. The fourth-order valence-electron chi connectivity index (χ4n) is 2.08. The van der Waals surface area contributed by atoms with Crippen LogP contribution in [-0.2, 0) is 6.54 Å². The van der Waals surface area contributed by atoms with Crippen LogP contribution in [0.25, 0.3) is 10.9 Å². The maximum Gasteiger partial charge on any atom is 0.261 e. The van der Waals surface area contributed by atoms with Gasteiger partial charge in [0.1, 0.15) is 18.2 Å². The summed E-state index contributed by atoms with van der Waals surface area (Å²) in [5.74, 6) is 0.0915. The van der Waals surface area contributed by atoms with Crippen molar-refractivity contribution in [2.75, 3.05) is 6.61 Å². The molecule has 0 bridgehead atoms. The lowest BCUT2D eigenvalue weighted by molar-refractivity contribution is 0.294. The lowest BCUT2D eigenvalue weighted by atomic mass is 10.2. The summed E-state index contributed by atoms with van der Waals surface area (Å²) in [6, 6.07) is 13.1. The fraction of sp³-hybridized carbons (Fsp3) is 0.125. The first-order valence-electron chi connectivity index (χ1n) is 6.56. The number of fused-ring (bicyclic) bond motifs is 1. The summed E-state index contributed by atoms with van der Waals surface area (Å²) in [7, 11) is 0. The van der Waals surface area contributed by atoms with E-state index in [4.69, 9.17) is 4.74 Å². The van der Waals surface area contributed by atoms with Gasteiger partial charge >= 0.3 is 0 Å². The molecule has 0 saturated heterocycles. The molecule has 0 N–H and O–H groups in total. The van der Waals surface area contributed by atoms with E-state index in [2.05, 4.69) is 4.98 Å². The number of aromatic nitrogens is 2. The first-order valence-corrected chi connectivity index (χ1v) is 6.56. The van der Waals surface area contributed by atoms with E-state index < -0.39 is 0 Å². The Morgan fingerprint density at radius 2 is 2.00 bits per heavy atom. The van der Waals surface area contributed by atoms with Gasteiger partial charge in [0.15, 0.2) is 0 Å². The smallest absolute Gasteiger partial charge is 0.261 e. The Morgan fingerprint density at radius 3 is 2.86 bits per heavy atom. The Morgan fingerprint density at radius 1 is 1.14 bits per heavy atom. The van der Waals surface area contributed by atoms with E-state index in [-0.39, 0.29) is 18.0 Å². The van der Waals surface area contributed by atoms with E-state index in [0.29, 0.717) is 23.2 Å². The zero-order valence-electron chi connectivity index (χ0n) is 11.2. The number of hydrogen-bond acceptors (Lipinski definition) is 3. The van der Waals surface area contributed by atoms with Gasteiger partial charge in [-0.1, -0.05) is 18.2 Å². The topological polar surface area (TPSA) is 44.1 Å². The van der Waals surface area contributed by atoms with Gasteiger partial charge in [0, 0.05) is 6.07 Å². The van der Waals surface area contributed by atoms with Crippen LogP contribution in [0.3, 0.4) is 0 Å². The highest BCUT2D eigenvalue weighted by atomic mass is 19.1. The summed E-state index contributed by atoms with van der Waals surface area (Å²) in [6.07, 6.45) is 1.50. The Kier molecular flexibility index (Phi) is 3.64. The summed E-state index contributed by atoms with van der Waals surface area (Å²) in [6.45, 7) is 0.622. The van der Waals surface area contributed by atoms with E-state index in [1.807, 2.05) is 6.07 Å². The monoisotopic (exact) mass is 284 g/mol. The van der Waals surface area contributed by atoms with Gasteiger partial charge in [-0.3, -0.25) is 9.36 Å². The third-order valence-corrected chi connectivity index (χ3v) is 3.13. The Hall–Kier alpha value is -2.69. The number of halogens is 1. The van der Waals surface area contributed by atoms with E-state index >= 15 is 0 Å². The van der Waals surface area contributed by atoms with Crippen molar-refractivity contribution in [3.05, 3.63) is 71.0 Å². The molecule has 0 spiro atoms. The average Bonchev–Trinajstić information content (AvgIpc) is 2.50. The number of rotatable bonds is 4. The zero-order valence-corrected chi connectivity index (χ0v) is 11.2. The van der Waals surface area contributed by atoms with E-state index in [9.17, 15) is 9.18 Å². The van der Waals surface area contributed by atoms with Gasteiger partial charge in [0.25, 0.3) is 5.56 Å². The maximum absolute atomic E-state index is 13.0. The van der Waals surface area contributed by atoms with Crippen LogP contribution in [0.1, 0.15) is 0 Å². The normalized spacial score (nSPS) is 10.7. The number of para-hydroxylation sites is 1. The van der Waals surface area contributed by atoms with Crippen molar-refractivity contribution in [3.63, 3.8) is 0 Å². The molecule has 3 aromatic rings. The predicted octanol–water partition coefficient (Wildman–Crippen LogP) is 2.61. The van der Waals surface area contributed by atoms with Crippen LogP contribution in [0.15, 0.2) is 59.7 Å². The molecule has 5 heteroatoms. The van der Waals surface area contributed by atoms with Crippen molar-refractivity contribution in [1.29, 1.82) is 0 Å². The molecule has 1 aromatic heterocycles. The highest BCUT2D eigenvalue weighted by molar-refractivity contribution is 5.76. The molecule has 0 fully saturated rings. The molecule has 0 amide bonds. The van der Waals surface area contributed by atoms with Crippen LogP contribution < -0.4 is 10.3 Å². The minimum Gasteiger partial charge on any atom is -0.492 e. The zero-order chi connectivity index (χ0) is 14.7. The van der Waals surface area contributed by atoms with Gasteiger partial charge < -0.3 is 4.74 Å². The molecule has 4 nitrogen and oxygen atoms in total. The summed E-state index contributed by atoms with van der Waals surface area (Å²) >= 11 is 0. The number of nitrogens with zero attached hydrogens (tertiary/aromatic N) is 2. The van der Waals surface area contributed by atoms with Gasteiger partial charge in [0.05, 0.1) is 23.8 Å². The van der Waals surface area contributed by atoms with Crippen molar-refractivity contribution in [1.82, 2.24) is 9.55 Å². The van der Waals surface area contributed by atoms with Gasteiger partial charge in [-0.05, 0) is 24.3 Å². The van der Waals surface area contributed by atoms with Crippen LogP contribution >= 0.6 is 0 Å². The highest BCUT2D eigenvalue weighted by Crippen LogP contribution is 2.11. The fourth-order valence-corrected chi connectivity index (χ4v) is 2.08. The van der Waals surface area contributed by atoms with Crippen molar-refractivity contribution in [3.8, 4) is 5.75 Å². The first-order chi connectivity index (χ1) is 10.2. The summed E-state index contributed by atoms with van der Waals surface area (Å²) < 4.78 is 19.9. The minimum absolute atomic E-state index is 0.108. The van der Waals surface area contributed by atoms with Gasteiger partial charge in [-0.15, -0.1) is 0 Å². The standard InChI is InChI=1S/C16H13FN2O2/c17-12-4-3-5-13(10-12)21-9-8-19-11-18-15-7-2-1-6-14(15)16(19)20/h1-7,10-11H,8-9H2. The highest BCUT2D eigenvalue weighted by Gasteiger charge is 2.03. The quantitative estimate of drug-likeness (QED) is 0.739. The molecule has 0 atom stereocenters. The maximum atomic E-state index is 13.0. The van der Waals surface area contributed by atoms with Gasteiger partial charge in [0.2, 0.25) is 0 Å². The lowest BCUT2D eigenvalue weighted by Gasteiger charge is -2.08. The third-order valence-electron chi connectivity index (χ3n) is 3.13.